The van der Waals surface area contributed by atoms with Crippen LogP contribution in [0.1, 0.15) is 94.3 Å². The molecule has 2 aromatic carbocycles. The molecule has 0 radical (unpaired) electrons. The highest BCUT2D eigenvalue weighted by Crippen LogP contribution is 2.58. The van der Waals surface area contributed by atoms with Crippen molar-refractivity contribution in [2.45, 2.75) is 84.3 Å². The van der Waals surface area contributed by atoms with E-state index in [0.717, 1.165) is 25.7 Å². The second kappa shape index (κ2) is 10.9. The molecule has 3 aliphatic rings. The van der Waals surface area contributed by atoms with Gasteiger partial charge in [0.1, 0.15) is 23.7 Å². The third-order valence-electron chi connectivity index (χ3n) is 9.20. The first-order valence-electron chi connectivity index (χ1n) is 14.6. The van der Waals surface area contributed by atoms with Crippen LogP contribution in [0.5, 0.6) is 23.0 Å². The van der Waals surface area contributed by atoms with E-state index in [0.29, 0.717) is 12.0 Å². The number of carbonyl (C=O) groups excluding carboxylic acids is 2. The lowest BCUT2D eigenvalue weighted by Gasteiger charge is -2.29. The Kier molecular flexibility index (Phi) is 7.85. The molecule has 1 atom stereocenters. The Morgan fingerprint density at radius 1 is 1.14 bits per heavy atom. The minimum absolute atomic E-state index is 0.0167. The Morgan fingerprint density at radius 2 is 1.79 bits per heavy atom. The molecule has 2 aliphatic carbocycles. The zero-order valence-corrected chi connectivity index (χ0v) is 25.9. The van der Waals surface area contributed by atoms with E-state index in [4.69, 9.17) is 18.9 Å². The SMILES string of the molecule is CCS(=O)(=O)c1cc2c(c(OC(=O)C3(C)C4CCC3CC4)c1)Oc1ccc(C(O)CC(C)(C)C)c(OC)c1C(=O)OC2. The van der Waals surface area contributed by atoms with Crippen LogP contribution in [0.25, 0.3) is 0 Å². The Balaban J connectivity index is 1.62. The third-order valence-corrected chi connectivity index (χ3v) is 10.9. The zero-order valence-electron chi connectivity index (χ0n) is 25.1. The maximum absolute atomic E-state index is 13.7. The number of carbonyl (C=O) groups is 2. The van der Waals surface area contributed by atoms with Gasteiger partial charge in [-0.05, 0) is 74.5 Å². The van der Waals surface area contributed by atoms with Crippen molar-refractivity contribution in [2.75, 3.05) is 12.9 Å². The van der Waals surface area contributed by atoms with E-state index in [2.05, 4.69) is 0 Å². The molecular weight excluding hydrogens is 560 g/mol. The summed E-state index contributed by atoms with van der Waals surface area (Å²) in [6, 6.07) is 5.87. The predicted molar refractivity (Wildman–Crippen MR) is 155 cm³/mol. The number of aliphatic hydroxyl groups is 1. The van der Waals surface area contributed by atoms with Crippen molar-refractivity contribution < 1.29 is 42.1 Å². The highest BCUT2D eigenvalue weighted by atomic mass is 32.2. The van der Waals surface area contributed by atoms with Gasteiger partial charge in [-0.15, -0.1) is 0 Å². The fraction of sp³-hybridized carbons (Fsp3) is 0.562. The van der Waals surface area contributed by atoms with Gasteiger partial charge in [0, 0.05) is 17.2 Å². The van der Waals surface area contributed by atoms with Crippen molar-refractivity contribution in [3.05, 3.63) is 41.0 Å². The van der Waals surface area contributed by atoms with Crippen LogP contribution in [0, 0.1) is 22.7 Å². The number of benzene rings is 2. The average molecular weight is 601 g/mol. The minimum Gasteiger partial charge on any atom is -0.495 e. The number of fused-ring (bicyclic) bond motifs is 4. The summed E-state index contributed by atoms with van der Waals surface area (Å²) in [6.07, 6.45) is 3.33. The molecule has 0 saturated heterocycles. The van der Waals surface area contributed by atoms with E-state index in [-0.39, 0.29) is 68.6 Å². The lowest BCUT2D eigenvalue weighted by molar-refractivity contribution is -0.147. The Labute approximate surface area is 247 Å². The summed E-state index contributed by atoms with van der Waals surface area (Å²) in [5.74, 6) is -0.675. The van der Waals surface area contributed by atoms with Gasteiger partial charge in [0.15, 0.2) is 21.3 Å². The maximum Gasteiger partial charge on any atom is 0.346 e. The normalized spacial score (nSPS) is 24.0. The van der Waals surface area contributed by atoms with Crippen molar-refractivity contribution in [1.29, 1.82) is 0 Å². The molecule has 10 heteroatoms. The second-order valence-electron chi connectivity index (χ2n) is 13.1. The summed E-state index contributed by atoms with van der Waals surface area (Å²) >= 11 is 0. The number of cyclic esters (lactones) is 1. The van der Waals surface area contributed by atoms with Crippen LogP contribution in [0.15, 0.2) is 29.2 Å². The highest BCUT2D eigenvalue weighted by molar-refractivity contribution is 7.91. The van der Waals surface area contributed by atoms with E-state index in [1.54, 1.807) is 6.07 Å². The fourth-order valence-electron chi connectivity index (χ4n) is 6.80. The molecule has 228 valence electrons. The molecule has 2 aromatic rings. The Hall–Kier alpha value is -3.11. The zero-order chi connectivity index (χ0) is 30.6. The smallest absolute Gasteiger partial charge is 0.346 e. The number of sulfone groups is 1. The molecule has 1 unspecified atom stereocenters. The number of hydrogen-bond acceptors (Lipinski definition) is 9. The van der Waals surface area contributed by atoms with Crippen molar-refractivity contribution in [1.82, 2.24) is 0 Å². The highest BCUT2D eigenvalue weighted by Gasteiger charge is 2.57. The molecule has 2 saturated carbocycles. The van der Waals surface area contributed by atoms with E-state index >= 15 is 0 Å². The van der Waals surface area contributed by atoms with Gasteiger partial charge >= 0.3 is 11.9 Å². The van der Waals surface area contributed by atoms with Gasteiger partial charge in [0.2, 0.25) is 0 Å². The second-order valence-corrected chi connectivity index (χ2v) is 15.3. The van der Waals surface area contributed by atoms with Crippen molar-refractivity contribution in [3.8, 4) is 23.0 Å². The van der Waals surface area contributed by atoms with E-state index in [1.165, 1.54) is 32.2 Å². The summed E-state index contributed by atoms with van der Waals surface area (Å²) in [5.41, 5.74) is -0.221. The lowest BCUT2D eigenvalue weighted by atomic mass is 9.80. The monoisotopic (exact) mass is 600 g/mol. The number of ether oxygens (including phenoxy) is 4. The van der Waals surface area contributed by atoms with Crippen LogP contribution in [0.4, 0.5) is 0 Å². The van der Waals surface area contributed by atoms with Gasteiger partial charge in [-0.2, -0.15) is 0 Å². The van der Waals surface area contributed by atoms with Gasteiger partial charge in [-0.3, -0.25) is 4.79 Å². The van der Waals surface area contributed by atoms with Gasteiger partial charge in [-0.1, -0.05) is 27.7 Å². The molecule has 1 N–H and O–H groups in total. The van der Waals surface area contributed by atoms with Crippen LogP contribution in [0.3, 0.4) is 0 Å². The molecular formula is C32H40O9S. The first-order valence-corrected chi connectivity index (χ1v) is 16.2. The molecule has 9 nitrogen and oxygen atoms in total. The first-order chi connectivity index (χ1) is 19.7. The Bertz CT molecular complexity index is 1500. The number of rotatable bonds is 7. The number of aliphatic hydroxyl groups excluding tert-OH is 1. The van der Waals surface area contributed by atoms with Crippen molar-refractivity contribution in [2.24, 2.45) is 22.7 Å². The van der Waals surface area contributed by atoms with Crippen LogP contribution >= 0.6 is 0 Å². The van der Waals surface area contributed by atoms with Crippen LogP contribution in [-0.2, 0) is 26.0 Å². The molecule has 0 aromatic heterocycles. The molecule has 0 spiro atoms. The number of methoxy groups -OCH3 is 1. The van der Waals surface area contributed by atoms with Crippen LogP contribution in [0.2, 0.25) is 0 Å². The summed E-state index contributed by atoms with van der Waals surface area (Å²) in [4.78, 5) is 27.0. The van der Waals surface area contributed by atoms with E-state index < -0.39 is 33.3 Å². The first kappa shape index (κ1) is 30.4. The number of hydrogen-bond donors (Lipinski definition) is 1. The summed E-state index contributed by atoms with van der Waals surface area (Å²) in [7, 11) is -2.31. The molecule has 0 amide bonds. The van der Waals surface area contributed by atoms with Crippen molar-refractivity contribution >= 4 is 21.8 Å². The molecule has 5 rings (SSSR count). The topological polar surface area (TPSA) is 125 Å². The van der Waals surface area contributed by atoms with Gasteiger partial charge in [-0.25, -0.2) is 13.2 Å². The summed E-state index contributed by atoms with van der Waals surface area (Å²) < 4.78 is 49.4. The van der Waals surface area contributed by atoms with Gasteiger partial charge in [0.25, 0.3) is 0 Å². The lowest BCUT2D eigenvalue weighted by Crippen LogP contribution is -2.36. The summed E-state index contributed by atoms with van der Waals surface area (Å²) in [6.45, 7) is 9.13. The number of esters is 2. The molecule has 1 aliphatic heterocycles. The summed E-state index contributed by atoms with van der Waals surface area (Å²) in [5, 5.41) is 11.0. The van der Waals surface area contributed by atoms with Gasteiger partial charge < -0.3 is 24.1 Å². The molecule has 2 fully saturated rings. The predicted octanol–water partition coefficient (Wildman–Crippen LogP) is 6.15. The van der Waals surface area contributed by atoms with E-state index in [9.17, 15) is 23.1 Å². The Morgan fingerprint density at radius 3 is 2.36 bits per heavy atom. The molecule has 42 heavy (non-hydrogen) atoms. The van der Waals surface area contributed by atoms with Crippen LogP contribution in [-0.4, -0.2) is 38.3 Å². The maximum atomic E-state index is 13.7. The quantitative estimate of drug-likeness (QED) is 0.294. The van der Waals surface area contributed by atoms with Gasteiger partial charge in [0.05, 0.1) is 29.3 Å². The third kappa shape index (κ3) is 5.28. The van der Waals surface area contributed by atoms with E-state index in [1.807, 2.05) is 27.7 Å². The van der Waals surface area contributed by atoms with Crippen molar-refractivity contribution in [3.63, 3.8) is 0 Å². The average Bonchev–Trinajstić information content (AvgIpc) is 3.43. The largest absolute Gasteiger partial charge is 0.495 e. The fourth-order valence-corrected chi connectivity index (χ4v) is 7.74. The standard InChI is InChI=1S/C32H40O9S/c1-7-42(36,37)21-14-18-17-39-29(34)26-24(13-12-22(28(26)38-6)23(33)16-31(2,3)4)40-27(18)25(15-21)41-30(35)32(5)19-8-9-20(32)11-10-19/h12-15,19-20,23,33H,7-11,16-17H2,1-6H3. The minimum atomic E-state index is -3.70. The van der Waals surface area contributed by atoms with Crippen LogP contribution < -0.4 is 14.2 Å². The molecule has 2 bridgehead atoms. The molecule has 1 heterocycles.